The number of ether oxygens (including phenoxy) is 1. The fourth-order valence-electron chi connectivity index (χ4n) is 1.69. The molecule has 0 saturated carbocycles. The monoisotopic (exact) mass is 252 g/mol. The molecule has 1 N–H and O–H groups in total. The largest absolute Gasteiger partial charge is 0.492 e. The molecule has 1 aromatic rings. The topological polar surface area (TPSA) is 63.6 Å². The molecule has 4 nitrogen and oxygen atoms in total. The van der Waals surface area contributed by atoms with Crippen LogP contribution < -0.4 is 4.74 Å². The molecule has 0 atom stereocenters. The van der Waals surface area contributed by atoms with Crippen molar-refractivity contribution in [1.82, 2.24) is 0 Å². The first kappa shape index (κ1) is 11.7. The average molecular weight is 253 g/mol. The third kappa shape index (κ3) is 2.47. The van der Waals surface area contributed by atoms with Gasteiger partial charge in [-0.05, 0) is 23.8 Å². The van der Waals surface area contributed by atoms with Gasteiger partial charge in [0.2, 0.25) is 0 Å². The molecule has 5 heteroatoms. The Bertz CT molecular complexity index is 519. The molecule has 88 valence electrons. The van der Waals surface area contributed by atoms with Crippen molar-refractivity contribution in [1.29, 1.82) is 0 Å². The lowest BCUT2D eigenvalue weighted by atomic mass is 10.0. The van der Waals surface area contributed by atoms with Crippen LogP contribution in [0, 0.1) is 0 Å². The summed E-state index contributed by atoms with van der Waals surface area (Å²) >= 11 is 5.89. The summed E-state index contributed by atoms with van der Waals surface area (Å²) in [6, 6.07) is 3.24. The van der Waals surface area contributed by atoms with Crippen molar-refractivity contribution in [2.75, 3.05) is 6.61 Å². The van der Waals surface area contributed by atoms with Gasteiger partial charge in [-0.1, -0.05) is 11.6 Å². The van der Waals surface area contributed by atoms with E-state index in [1.807, 2.05) is 0 Å². The van der Waals surface area contributed by atoms with E-state index < -0.39 is 11.8 Å². The van der Waals surface area contributed by atoms with E-state index in [0.29, 0.717) is 29.4 Å². The first-order valence-electron chi connectivity index (χ1n) is 4.98. The Morgan fingerprint density at radius 3 is 2.82 bits per heavy atom. The van der Waals surface area contributed by atoms with Gasteiger partial charge < -0.3 is 9.84 Å². The van der Waals surface area contributed by atoms with Crippen LogP contribution in [0.4, 0.5) is 0 Å². The molecule has 0 fully saturated rings. The van der Waals surface area contributed by atoms with E-state index in [-0.39, 0.29) is 0 Å². The number of carboxylic acid groups (broad SMARTS) is 1. The van der Waals surface area contributed by atoms with Crippen molar-refractivity contribution >= 4 is 23.4 Å². The van der Waals surface area contributed by atoms with Crippen LogP contribution in [-0.4, -0.2) is 23.5 Å². The van der Waals surface area contributed by atoms with Gasteiger partial charge in [-0.25, -0.2) is 4.79 Å². The van der Waals surface area contributed by atoms with Gasteiger partial charge in [-0.2, -0.15) is 0 Å². The number of carbonyl (C=O) groups excluding carboxylic acids is 1. The lowest BCUT2D eigenvalue weighted by molar-refractivity contribution is -0.131. The van der Waals surface area contributed by atoms with Crippen LogP contribution in [0.2, 0.25) is 5.02 Å². The summed E-state index contributed by atoms with van der Waals surface area (Å²) < 4.78 is 5.35. The Kier molecular flexibility index (Phi) is 3.15. The Labute approximate surface area is 102 Å². The van der Waals surface area contributed by atoms with E-state index >= 15 is 0 Å². The SMILES string of the molecule is O=C(O)/C=C/C(=O)c1cc(Cl)cc2c1OCC2. The minimum absolute atomic E-state index is 0.308. The molecule has 0 bridgehead atoms. The predicted molar refractivity (Wildman–Crippen MR) is 61.8 cm³/mol. The normalized spacial score (nSPS) is 13.5. The summed E-state index contributed by atoms with van der Waals surface area (Å²) in [5.74, 6) is -1.08. The van der Waals surface area contributed by atoms with Gasteiger partial charge in [0, 0.05) is 17.5 Å². The van der Waals surface area contributed by atoms with Crippen LogP contribution in [0.15, 0.2) is 24.3 Å². The van der Waals surface area contributed by atoms with Crippen molar-refractivity contribution in [3.8, 4) is 5.75 Å². The minimum Gasteiger partial charge on any atom is -0.492 e. The number of fused-ring (bicyclic) bond motifs is 1. The van der Waals surface area contributed by atoms with Gasteiger partial charge in [0.05, 0.1) is 12.2 Å². The fraction of sp³-hybridized carbons (Fsp3) is 0.167. The second-order valence-corrected chi connectivity index (χ2v) is 4.01. The molecule has 0 unspecified atom stereocenters. The Hall–Kier alpha value is -1.81. The maximum absolute atomic E-state index is 11.8. The Balaban J connectivity index is 2.39. The standard InChI is InChI=1S/C12H9ClO4/c13-8-5-7-3-4-17-12(7)9(6-8)10(14)1-2-11(15)16/h1-2,5-6H,3-4H2,(H,15,16)/b2-1+. The molecule has 2 rings (SSSR count). The zero-order chi connectivity index (χ0) is 12.4. The number of carbonyl (C=O) groups is 2. The minimum atomic E-state index is -1.17. The summed E-state index contributed by atoms with van der Waals surface area (Å²) in [4.78, 5) is 22.1. The van der Waals surface area contributed by atoms with Gasteiger partial charge >= 0.3 is 5.97 Å². The lowest BCUT2D eigenvalue weighted by Crippen LogP contribution is -2.00. The molecule has 0 amide bonds. The van der Waals surface area contributed by atoms with Crippen LogP contribution in [0.5, 0.6) is 5.75 Å². The van der Waals surface area contributed by atoms with Crippen molar-refractivity contribution in [2.24, 2.45) is 0 Å². The maximum Gasteiger partial charge on any atom is 0.328 e. The number of aliphatic carboxylic acids is 1. The third-order valence-electron chi connectivity index (χ3n) is 2.39. The van der Waals surface area contributed by atoms with Gasteiger partial charge in [0.25, 0.3) is 0 Å². The molecule has 1 aliphatic heterocycles. The molecular weight excluding hydrogens is 244 g/mol. The van der Waals surface area contributed by atoms with E-state index in [9.17, 15) is 9.59 Å². The summed E-state index contributed by atoms with van der Waals surface area (Å²) in [6.45, 7) is 0.513. The van der Waals surface area contributed by atoms with Crippen LogP contribution in [0.1, 0.15) is 15.9 Å². The van der Waals surface area contributed by atoms with Crippen LogP contribution in [0.25, 0.3) is 0 Å². The predicted octanol–water partition coefficient (Wildman–Crippen LogP) is 2.10. The number of ketones is 1. The molecule has 17 heavy (non-hydrogen) atoms. The van der Waals surface area contributed by atoms with Gasteiger partial charge in [0.15, 0.2) is 5.78 Å². The first-order valence-corrected chi connectivity index (χ1v) is 5.36. The molecule has 0 aliphatic carbocycles. The summed E-state index contributed by atoms with van der Waals surface area (Å²) in [5.41, 5.74) is 1.19. The number of rotatable bonds is 3. The number of hydrogen-bond acceptors (Lipinski definition) is 3. The molecule has 0 aromatic heterocycles. The molecule has 0 spiro atoms. The summed E-state index contributed by atoms with van der Waals surface area (Å²) in [7, 11) is 0. The fourth-order valence-corrected chi connectivity index (χ4v) is 1.93. The van der Waals surface area contributed by atoms with Crippen molar-refractivity contribution < 1.29 is 19.4 Å². The first-order chi connectivity index (χ1) is 8.08. The van der Waals surface area contributed by atoms with Crippen LogP contribution in [-0.2, 0) is 11.2 Å². The molecule has 1 aliphatic rings. The van der Waals surface area contributed by atoms with E-state index in [2.05, 4.69) is 0 Å². The van der Waals surface area contributed by atoms with Gasteiger partial charge in [0.1, 0.15) is 5.75 Å². The zero-order valence-electron chi connectivity index (χ0n) is 8.77. The van der Waals surface area contributed by atoms with Crippen molar-refractivity contribution in [3.05, 3.63) is 40.4 Å². The highest BCUT2D eigenvalue weighted by molar-refractivity contribution is 6.31. The van der Waals surface area contributed by atoms with Crippen LogP contribution in [0.3, 0.4) is 0 Å². The Morgan fingerprint density at radius 2 is 2.12 bits per heavy atom. The lowest BCUT2D eigenvalue weighted by Gasteiger charge is -2.05. The van der Waals surface area contributed by atoms with Gasteiger partial charge in [-0.15, -0.1) is 0 Å². The zero-order valence-corrected chi connectivity index (χ0v) is 9.53. The maximum atomic E-state index is 11.8. The van der Waals surface area contributed by atoms with E-state index in [0.717, 1.165) is 17.7 Å². The number of hydrogen-bond donors (Lipinski definition) is 1. The molecule has 1 heterocycles. The highest BCUT2D eigenvalue weighted by Crippen LogP contribution is 2.33. The Morgan fingerprint density at radius 1 is 1.35 bits per heavy atom. The van der Waals surface area contributed by atoms with E-state index in [4.69, 9.17) is 21.4 Å². The second kappa shape index (κ2) is 4.59. The number of benzene rings is 1. The molecule has 0 saturated heterocycles. The summed E-state index contributed by atoms with van der Waals surface area (Å²) in [6.07, 6.45) is 2.50. The molecular formula is C12H9ClO4. The van der Waals surface area contributed by atoms with Crippen molar-refractivity contribution in [2.45, 2.75) is 6.42 Å². The summed E-state index contributed by atoms with van der Waals surface area (Å²) in [5, 5.41) is 8.91. The van der Waals surface area contributed by atoms with E-state index in [1.165, 1.54) is 6.07 Å². The second-order valence-electron chi connectivity index (χ2n) is 3.58. The average Bonchev–Trinajstić information content (AvgIpc) is 2.72. The number of allylic oxidation sites excluding steroid dienone is 1. The molecule has 0 radical (unpaired) electrons. The van der Waals surface area contributed by atoms with Crippen molar-refractivity contribution in [3.63, 3.8) is 0 Å². The van der Waals surface area contributed by atoms with Gasteiger partial charge in [-0.3, -0.25) is 4.79 Å². The van der Waals surface area contributed by atoms with Crippen LogP contribution >= 0.6 is 11.6 Å². The highest BCUT2D eigenvalue weighted by Gasteiger charge is 2.20. The van der Waals surface area contributed by atoms with E-state index in [1.54, 1.807) is 6.07 Å². The quantitative estimate of drug-likeness (QED) is 0.661. The number of carboxylic acids is 1. The smallest absolute Gasteiger partial charge is 0.328 e. The molecule has 1 aromatic carbocycles. The highest BCUT2D eigenvalue weighted by atomic mass is 35.5. The third-order valence-corrected chi connectivity index (χ3v) is 2.61. The number of halogens is 1.